The minimum atomic E-state index is 0.158. The Labute approximate surface area is 109 Å². The molecule has 0 aromatic heterocycles. The van der Waals surface area contributed by atoms with Crippen molar-refractivity contribution in [1.82, 2.24) is 4.90 Å². The van der Waals surface area contributed by atoms with Gasteiger partial charge in [0.1, 0.15) is 0 Å². The van der Waals surface area contributed by atoms with E-state index >= 15 is 0 Å². The Morgan fingerprint density at radius 2 is 1.89 bits per heavy atom. The van der Waals surface area contributed by atoms with E-state index in [0.717, 1.165) is 43.0 Å². The average Bonchev–Trinajstić information content (AvgIpc) is 2.40. The van der Waals surface area contributed by atoms with Gasteiger partial charge in [0.15, 0.2) is 0 Å². The first-order chi connectivity index (χ1) is 8.70. The van der Waals surface area contributed by atoms with Gasteiger partial charge in [0.25, 0.3) is 5.91 Å². The Morgan fingerprint density at radius 1 is 1.28 bits per heavy atom. The number of hydrogen-bond donors (Lipinski definition) is 0. The maximum Gasteiger partial charge on any atom is 0.253 e. The fourth-order valence-electron chi connectivity index (χ4n) is 2.30. The monoisotopic (exact) mass is 247 g/mol. The highest BCUT2D eigenvalue weighted by molar-refractivity contribution is 5.94. The predicted octanol–water partition coefficient (Wildman–Crippen LogP) is 2.71. The lowest BCUT2D eigenvalue weighted by atomic mass is 9.98. The number of piperidine rings is 1. The minimum Gasteiger partial charge on any atom is -0.380 e. The Morgan fingerprint density at radius 3 is 2.44 bits per heavy atom. The van der Waals surface area contributed by atoms with Crippen LogP contribution in [0.25, 0.3) is 0 Å². The van der Waals surface area contributed by atoms with Crippen LogP contribution in [0.15, 0.2) is 24.3 Å². The molecule has 1 saturated heterocycles. The highest BCUT2D eigenvalue weighted by Crippen LogP contribution is 2.18. The number of carbonyl (C=O) groups excluding carboxylic acids is 1. The summed E-state index contributed by atoms with van der Waals surface area (Å²) in [5.41, 5.74) is 1.88. The molecule has 0 saturated carbocycles. The van der Waals surface area contributed by atoms with Crippen molar-refractivity contribution in [2.45, 2.75) is 26.4 Å². The van der Waals surface area contributed by atoms with Crippen LogP contribution in [0.1, 0.15) is 35.7 Å². The predicted molar refractivity (Wildman–Crippen MR) is 71.5 cm³/mol. The number of nitrogens with zero attached hydrogens (tertiary/aromatic N) is 1. The molecule has 1 aromatic carbocycles. The third-order valence-electron chi connectivity index (χ3n) is 3.58. The van der Waals surface area contributed by atoms with Crippen molar-refractivity contribution < 1.29 is 9.53 Å². The standard InChI is InChI=1S/C15H21NO2/c1-12-7-9-16(10-8-12)15(17)14-5-3-13(4-6-14)11-18-2/h3-6,12H,7-11H2,1-2H3. The van der Waals surface area contributed by atoms with Crippen molar-refractivity contribution in [2.24, 2.45) is 5.92 Å². The van der Waals surface area contributed by atoms with Crippen LogP contribution in [0.4, 0.5) is 0 Å². The largest absolute Gasteiger partial charge is 0.380 e. The number of ether oxygens (including phenoxy) is 1. The molecule has 18 heavy (non-hydrogen) atoms. The van der Waals surface area contributed by atoms with Crippen LogP contribution in [0.2, 0.25) is 0 Å². The summed E-state index contributed by atoms with van der Waals surface area (Å²) < 4.78 is 5.06. The second-order valence-electron chi connectivity index (χ2n) is 5.10. The molecule has 98 valence electrons. The van der Waals surface area contributed by atoms with Gasteiger partial charge in [0, 0.05) is 25.8 Å². The van der Waals surface area contributed by atoms with E-state index in [0.29, 0.717) is 6.61 Å². The zero-order chi connectivity index (χ0) is 13.0. The molecule has 2 rings (SSSR count). The lowest BCUT2D eigenvalue weighted by Crippen LogP contribution is -2.37. The van der Waals surface area contributed by atoms with Crippen LogP contribution in [-0.2, 0) is 11.3 Å². The first-order valence-corrected chi connectivity index (χ1v) is 6.58. The average molecular weight is 247 g/mol. The van der Waals surface area contributed by atoms with Gasteiger partial charge in [-0.3, -0.25) is 4.79 Å². The van der Waals surface area contributed by atoms with E-state index in [9.17, 15) is 4.79 Å². The van der Waals surface area contributed by atoms with E-state index in [4.69, 9.17) is 4.74 Å². The molecule has 3 heteroatoms. The Balaban J connectivity index is 2.00. The molecule has 0 N–H and O–H groups in total. The molecule has 0 bridgehead atoms. The van der Waals surface area contributed by atoms with E-state index in [-0.39, 0.29) is 5.91 Å². The molecule has 0 spiro atoms. The topological polar surface area (TPSA) is 29.5 Å². The van der Waals surface area contributed by atoms with Crippen molar-refractivity contribution in [1.29, 1.82) is 0 Å². The molecule has 1 aliphatic rings. The lowest BCUT2D eigenvalue weighted by molar-refractivity contribution is 0.0697. The molecule has 0 atom stereocenters. The fraction of sp³-hybridized carbons (Fsp3) is 0.533. The van der Waals surface area contributed by atoms with Gasteiger partial charge in [0.05, 0.1) is 6.61 Å². The van der Waals surface area contributed by atoms with Crippen molar-refractivity contribution >= 4 is 5.91 Å². The Bertz CT molecular complexity index is 391. The second kappa shape index (κ2) is 6.01. The summed E-state index contributed by atoms with van der Waals surface area (Å²) in [7, 11) is 1.67. The quantitative estimate of drug-likeness (QED) is 0.822. The van der Waals surface area contributed by atoms with Crippen LogP contribution in [0, 0.1) is 5.92 Å². The third-order valence-corrected chi connectivity index (χ3v) is 3.58. The summed E-state index contributed by atoms with van der Waals surface area (Å²) in [4.78, 5) is 14.2. The molecule has 1 fully saturated rings. The Hall–Kier alpha value is -1.35. The lowest BCUT2D eigenvalue weighted by Gasteiger charge is -2.30. The number of methoxy groups -OCH3 is 1. The van der Waals surface area contributed by atoms with Crippen LogP contribution in [0.3, 0.4) is 0 Å². The summed E-state index contributed by atoms with van der Waals surface area (Å²) in [6, 6.07) is 7.72. The van der Waals surface area contributed by atoms with Crippen LogP contribution < -0.4 is 0 Å². The fourth-order valence-corrected chi connectivity index (χ4v) is 2.30. The summed E-state index contributed by atoms with van der Waals surface area (Å²) >= 11 is 0. The van der Waals surface area contributed by atoms with E-state index in [1.54, 1.807) is 7.11 Å². The van der Waals surface area contributed by atoms with Crippen molar-refractivity contribution in [3.63, 3.8) is 0 Å². The number of rotatable bonds is 3. The zero-order valence-electron chi connectivity index (χ0n) is 11.2. The van der Waals surface area contributed by atoms with Gasteiger partial charge in [-0.05, 0) is 36.5 Å². The van der Waals surface area contributed by atoms with Crippen molar-refractivity contribution in [3.05, 3.63) is 35.4 Å². The van der Waals surface area contributed by atoms with Crippen LogP contribution in [0.5, 0.6) is 0 Å². The maximum atomic E-state index is 12.3. The maximum absolute atomic E-state index is 12.3. The van der Waals surface area contributed by atoms with Gasteiger partial charge in [-0.1, -0.05) is 19.1 Å². The SMILES string of the molecule is COCc1ccc(C(=O)N2CCC(C)CC2)cc1. The van der Waals surface area contributed by atoms with E-state index in [1.807, 2.05) is 29.2 Å². The van der Waals surface area contributed by atoms with Crippen LogP contribution >= 0.6 is 0 Å². The summed E-state index contributed by atoms with van der Waals surface area (Å²) in [6.45, 7) is 4.62. The smallest absolute Gasteiger partial charge is 0.253 e. The molecule has 1 amide bonds. The van der Waals surface area contributed by atoms with Gasteiger partial charge in [0.2, 0.25) is 0 Å². The van der Waals surface area contributed by atoms with E-state index < -0.39 is 0 Å². The number of benzene rings is 1. The van der Waals surface area contributed by atoms with Gasteiger partial charge < -0.3 is 9.64 Å². The first-order valence-electron chi connectivity index (χ1n) is 6.58. The van der Waals surface area contributed by atoms with Gasteiger partial charge in [-0.15, -0.1) is 0 Å². The molecular formula is C15H21NO2. The van der Waals surface area contributed by atoms with Crippen molar-refractivity contribution in [3.8, 4) is 0 Å². The number of likely N-dealkylation sites (tertiary alicyclic amines) is 1. The number of carbonyl (C=O) groups is 1. The minimum absolute atomic E-state index is 0.158. The molecule has 1 aliphatic heterocycles. The summed E-state index contributed by atoms with van der Waals surface area (Å²) in [6.07, 6.45) is 2.24. The number of amides is 1. The second-order valence-corrected chi connectivity index (χ2v) is 5.10. The number of hydrogen-bond acceptors (Lipinski definition) is 2. The van der Waals surface area contributed by atoms with E-state index in [2.05, 4.69) is 6.92 Å². The molecule has 0 radical (unpaired) electrons. The third kappa shape index (κ3) is 3.10. The normalized spacial score (nSPS) is 16.9. The van der Waals surface area contributed by atoms with E-state index in [1.165, 1.54) is 0 Å². The van der Waals surface area contributed by atoms with Crippen LogP contribution in [-0.4, -0.2) is 31.0 Å². The molecule has 0 aliphatic carbocycles. The zero-order valence-corrected chi connectivity index (χ0v) is 11.2. The summed E-state index contributed by atoms with van der Waals surface area (Å²) in [5.74, 6) is 0.906. The molecule has 3 nitrogen and oxygen atoms in total. The Kier molecular flexibility index (Phi) is 4.37. The van der Waals surface area contributed by atoms with Gasteiger partial charge >= 0.3 is 0 Å². The van der Waals surface area contributed by atoms with Gasteiger partial charge in [-0.2, -0.15) is 0 Å². The summed E-state index contributed by atoms with van der Waals surface area (Å²) in [5, 5.41) is 0. The molecule has 1 heterocycles. The highest BCUT2D eigenvalue weighted by Gasteiger charge is 2.21. The molecule has 1 aromatic rings. The molecule has 0 unspecified atom stereocenters. The first kappa shape index (κ1) is 13.1. The molecular weight excluding hydrogens is 226 g/mol. The van der Waals surface area contributed by atoms with Gasteiger partial charge in [-0.25, -0.2) is 0 Å². The van der Waals surface area contributed by atoms with Crippen molar-refractivity contribution in [2.75, 3.05) is 20.2 Å². The highest BCUT2D eigenvalue weighted by atomic mass is 16.5.